The maximum atomic E-state index is 13.8. The standard InChI is InChI=1S/C33H35F3N4O4/c1-20-17-23(21-13-15-39(16-14-21)31(41)22-9-10-22)11-12-28(20)44-19-24-5-2-3-6-25(24)27-7-4-8-29(38-27)40-30(33(34,35)36)26(18-37-40)32(42)43/h4,7-8,11-12,17-18,21-22H,2-3,5-6,9-10,13-16,19H2,1H3,(H,42,43). The molecule has 2 fully saturated rings. The van der Waals surface area contributed by atoms with Gasteiger partial charge in [0.25, 0.3) is 0 Å². The third-order valence-corrected chi connectivity index (χ3v) is 8.92. The van der Waals surface area contributed by atoms with E-state index in [1.807, 2.05) is 17.9 Å². The van der Waals surface area contributed by atoms with Crippen LogP contribution in [-0.4, -0.2) is 56.3 Å². The third-order valence-electron chi connectivity index (χ3n) is 8.92. The van der Waals surface area contributed by atoms with Crippen molar-refractivity contribution in [3.63, 3.8) is 0 Å². The summed E-state index contributed by atoms with van der Waals surface area (Å²) in [6.07, 6.45) is 3.14. The Labute approximate surface area is 253 Å². The number of allylic oxidation sites excluding steroid dienone is 1. The summed E-state index contributed by atoms with van der Waals surface area (Å²) in [4.78, 5) is 30.4. The molecule has 0 atom stereocenters. The zero-order valence-electron chi connectivity index (χ0n) is 24.6. The van der Waals surface area contributed by atoms with Crippen molar-refractivity contribution >= 4 is 17.4 Å². The first-order valence-electron chi connectivity index (χ1n) is 15.2. The number of hydrogen-bond donors (Lipinski definition) is 1. The van der Waals surface area contributed by atoms with Crippen molar-refractivity contribution in [2.45, 2.75) is 70.4 Å². The van der Waals surface area contributed by atoms with Crippen LogP contribution in [0.2, 0.25) is 0 Å². The zero-order chi connectivity index (χ0) is 31.0. The van der Waals surface area contributed by atoms with Crippen LogP contribution in [0.25, 0.3) is 11.4 Å². The molecule has 1 amide bonds. The summed E-state index contributed by atoms with van der Waals surface area (Å²) in [5.74, 6) is -0.0343. The number of amides is 1. The average molecular weight is 609 g/mol. The van der Waals surface area contributed by atoms with Crippen molar-refractivity contribution in [3.8, 4) is 11.6 Å². The van der Waals surface area contributed by atoms with Crippen molar-refractivity contribution in [2.75, 3.05) is 19.7 Å². The Morgan fingerprint density at radius 3 is 2.48 bits per heavy atom. The van der Waals surface area contributed by atoms with Crippen molar-refractivity contribution < 1.29 is 32.6 Å². The van der Waals surface area contributed by atoms with Gasteiger partial charge in [0.05, 0.1) is 11.9 Å². The second-order valence-corrected chi connectivity index (χ2v) is 12.0. The van der Waals surface area contributed by atoms with E-state index < -0.39 is 23.4 Å². The SMILES string of the molecule is Cc1cc(C2CCN(C(=O)C3CC3)CC2)ccc1OCC1=C(c2cccc(-n3ncc(C(=O)O)c3C(F)(F)F)n2)CCCC1. The van der Waals surface area contributed by atoms with Crippen LogP contribution in [0.4, 0.5) is 13.2 Å². The number of carboxylic acids is 1. The minimum Gasteiger partial charge on any atom is -0.489 e. The highest BCUT2D eigenvalue weighted by Crippen LogP contribution is 2.37. The van der Waals surface area contributed by atoms with Gasteiger partial charge in [-0.25, -0.2) is 14.5 Å². The predicted octanol–water partition coefficient (Wildman–Crippen LogP) is 6.82. The van der Waals surface area contributed by atoms with E-state index >= 15 is 0 Å². The number of carbonyl (C=O) groups excluding carboxylic acids is 1. The maximum absolute atomic E-state index is 13.8. The summed E-state index contributed by atoms with van der Waals surface area (Å²) in [6, 6.07) is 11.0. The van der Waals surface area contributed by atoms with Gasteiger partial charge >= 0.3 is 12.1 Å². The van der Waals surface area contributed by atoms with Crippen LogP contribution in [0.5, 0.6) is 5.75 Å². The average Bonchev–Trinajstić information content (AvgIpc) is 3.76. The van der Waals surface area contributed by atoms with Crippen molar-refractivity contribution in [2.24, 2.45) is 5.92 Å². The van der Waals surface area contributed by atoms with E-state index in [-0.39, 0.29) is 11.7 Å². The molecule has 1 saturated heterocycles. The summed E-state index contributed by atoms with van der Waals surface area (Å²) in [5.41, 5.74) is 2.50. The Bertz CT molecular complexity index is 1600. The number of halogens is 3. The largest absolute Gasteiger partial charge is 0.489 e. The number of carboxylic acid groups (broad SMARTS) is 1. The number of aryl methyl sites for hydroxylation is 1. The zero-order valence-corrected chi connectivity index (χ0v) is 24.6. The number of piperidine rings is 1. The van der Waals surface area contributed by atoms with Crippen molar-refractivity contribution in [1.29, 1.82) is 0 Å². The van der Waals surface area contributed by atoms with Gasteiger partial charge < -0.3 is 14.7 Å². The molecule has 2 aliphatic carbocycles. The second kappa shape index (κ2) is 12.1. The topological polar surface area (TPSA) is 97.6 Å². The minimum absolute atomic E-state index is 0.102. The van der Waals surface area contributed by atoms with Gasteiger partial charge in [-0.15, -0.1) is 0 Å². The summed E-state index contributed by atoms with van der Waals surface area (Å²) in [7, 11) is 0. The van der Waals surface area contributed by atoms with Gasteiger partial charge in [0, 0.05) is 19.0 Å². The number of pyridine rings is 1. The molecule has 44 heavy (non-hydrogen) atoms. The second-order valence-electron chi connectivity index (χ2n) is 12.0. The normalized spacial score (nSPS) is 18.0. The molecule has 1 aromatic carbocycles. The number of rotatable bonds is 8. The van der Waals surface area contributed by atoms with Crippen LogP contribution < -0.4 is 4.74 Å². The summed E-state index contributed by atoms with van der Waals surface area (Å²) in [6.45, 7) is 3.98. The van der Waals surface area contributed by atoms with Gasteiger partial charge in [0.2, 0.25) is 5.91 Å². The molecule has 1 aliphatic heterocycles. The van der Waals surface area contributed by atoms with E-state index in [9.17, 15) is 27.9 Å². The fraction of sp³-hybridized carbons (Fsp3) is 0.455. The van der Waals surface area contributed by atoms with Crippen LogP contribution in [0, 0.1) is 12.8 Å². The molecule has 3 heterocycles. The summed E-state index contributed by atoms with van der Waals surface area (Å²) < 4.78 is 48.3. The molecule has 1 N–H and O–H groups in total. The number of hydrogen-bond acceptors (Lipinski definition) is 5. The smallest absolute Gasteiger partial charge is 0.434 e. The van der Waals surface area contributed by atoms with Gasteiger partial charge in [-0.2, -0.15) is 18.3 Å². The van der Waals surface area contributed by atoms with Gasteiger partial charge in [-0.05, 0) is 105 Å². The van der Waals surface area contributed by atoms with E-state index in [0.29, 0.717) is 41.4 Å². The molecule has 232 valence electrons. The first-order chi connectivity index (χ1) is 21.1. The molecule has 3 aliphatic rings. The molecular formula is C33H35F3N4O4. The predicted molar refractivity (Wildman–Crippen MR) is 157 cm³/mol. The molecule has 0 spiro atoms. The maximum Gasteiger partial charge on any atom is 0.434 e. The van der Waals surface area contributed by atoms with Crippen molar-refractivity contribution in [3.05, 3.63) is 76.2 Å². The molecule has 11 heteroatoms. The molecule has 2 aromatic heterocycles. The number of aromatic nitrogens is 3. The molecule has 6 rings (SSSR count). The van der Waals surface area contributed by atoms with Crippen LogP contribution >= 0.6 is 0 Å². The number of likely N-dealkylation sites (tertiary alicyclic amines) is 1. The lowest BCUT2D eigenvalue weighted by Gasteiger charge is -2.32. The molecular weight excluding hydrogens is 573 g/mol. The summed E-state index contributed by atoms with van der Waals surface area (Å²) >= 11 is 0. The van der Waals surface area contributed by atoms with E-state index in [0.717, 1.165) is 80.5 Å². The Balaban J connectivity index is 1.18. The quantitative estimate of drug-likeness (QED) is 0.302. The monoisotopic (exact) mass is 608 g/mol. The van der Waals surface area contributed by atoms with Gasteiger partial charge in [-0.1, -0.05) is 18.2 Å². The molecule has 8 nitrogen and oxygen atoms in total. The lowest BCUT2D eigenvalue weighted by atomic mass is 9.88. The molecule has 0 bridgehead atoms. The number of benzene rings is 1. The van der Waals surface area contributed by atoms with E-state index in [1.54, 1.807) is 12.1 Å². The Morgan fingerprint density at radius 1 is 1.05 bits per heavy atom. The third kappa shape index (κ3) is 6.23. The van der Waals surface area contributed by atoms with Crippen LogP contribution in [0.3, 0.4) is 0 Å². The first kappa shape index (κ1) is 29.9. The fourth-order valence-electron chi connectivity index (χ4n) is 6.37. The molecule has 0 radical (unpaired) electrons. The highest BCUT2D eigenvalue weighted by atomic mass is 19.4. The van der Waals surface area contributed by atoms with E-state index in [4.69, 9.17) is 4.74 Å². The number of aromatic carboxylic acids is 1. The fourth-order valence-corrected chi connectivity index (χ4v) is 6.37. The van der Waals surface area contributed by atoms with E-state index in [1.165, 1.54) is 11.6 Å². The highest BCUT2D eigenvalue weighted by molar-refractivity contribution is 5.89. The van der Waals surface area contributed by atoms with Gasteiger partial charge in [0.15, 0.2) is 11.5 Å². The Kier molecular flexibility index (Phi) is 8.22. The number of alkyl halides is 3. The van der Waals surface area contributed by atoms with Crippen LogP contribution in [0.1, 0.15) is 90.2 Å². The van der Waals surface area contributed by atoms with Crippen molar-refractivity contribution in [1.82, 2.24) is 19.7 Å². The molecule has 1 saturated carbocycles. The number of nitrogens with zero attached hydrogens (tertiary/aromatic N) is 4. The van der Waals surface area contributed by atoms with Gasteiger partial charge in [-0.3, -0.25) is 4.79 Å². The Morgan fingerprint density at radius 2 is 1.80 bits per heavy atom. The lowest BCUT2D eigenvalue weighted by Crippen LogP contribution is -2.38. The molecule has 3 aromatic rings. The highest BCUT2D eigenvalue weighted by Gasteiger charge is 2.41. The lowest BCUT2D eigenvalue weighted by molar-refractivity contribution is -0.143. The van der Waals surface area contributed by atoms with Crippen LogP contribution in [0.15, 0.2) is 48.2 Å². The Hall–Kier alpha value is -4.15. The number of carbonyl (C=O) groups is 2. The van der Waals surface area contributed by atoms with Gasteiger partial charge in [0.1, 0.15) is 17.9 Å². The summed E-state index contributed by atoms with van der Waals surface area (Å²) in [5, 5.41) is 13.0. The number of ether oxygens (including phenoxy) is 1. The van der Waals surface area contributed by atoms with E-state index in [2.05, 4.69) is 22.2 Å². The molecule has 0 unspecified atom stereocenters. The van der Waals surface area contributed by atoms with Crippen LogP contribution in [-0.2, 0) is 11.0 Å². The first-order valence-corrected chi connectivity index (χ1v) is 15.2. The minimum atomic E-state index is -4.93.